The molecule has 2 aromatic heterocycles. The number of thiazole rings is 1. The summed E-state index contributed by atoms with van der Waals surface area (Å²) >= 11 is 2.83. The molecule has 4 nitrogen and oxygen atoms in total. The molecule has 7 heteroatoms. The summed E-state index contributed by atoms with van der Waals surface area (Å²) in [5, 5.41) is 2.95. The number of rotatable bonds is 4. The Morgan fingerprint density at radius 1 is 1.14 bits per heavy atom. The maximum atomic E-state index is 12.4. The minimum Gasteiger partial charge on any atom is -0.279 e. The van der Waals surface area contributed by atoms with Gasteiger partial charge < -0.3 is 0 Å². The van der Waals surface area contributed by atoms with Gasteiger partial charge in [0.1, 0.15) is 4.21 Å². The number of anilines is 1. The van der Waals surface area contributed by atoms with Crippen molar-refractivity contribution in [2.75, 3.05) is 4.72 Å². The highest BCUT2D eigenvalue weighted by Gasteiger charge is 2.16. The largest absolute Gasteiger partial charge is 0.279 e. The molecule has 0 aliphatic carbocycles. The normalized spacial score (nSPS) is 11.5. The summed E-state index contributed by atoms with van der Waals surface area (Å²) in [4.78, 5) is 5.39. The van der Waals surface area contributed by atoms with E-state index in [-0.39, 0.29) is 0 Å². The fourth-order valence-electron chi connectivity index (χ4n) is 2.00. The fourth-order valence-corrected chi connectivity index (χ4v) is 4.95. The Balaban J connectivity index is 1.90. The van der Waals surface area contributed by atoms with Crippen LogP contribution in [-0.4, -0.2) is 13.4 Å². The molecular weight excluding hydrogens is 336 g/mol. The summed E-state index contributed by atoms with van der Waals surface area (Å²) in [6.45, 7) is 3.83. The summed E-state index contributed by atoms with van der Waals surface area (Å²) in [6.07, 6.45) is 0. The Hall–Kier alpha value is -1.70. The van der Waals surface area contributed by atoms with Crippen LogP contribution < -0.4 is 4.72 Å². The maximum Gasteiger partial charge on any atom is 0.271 e. The van der Waals surface area contributed by atoms with Crippen molar-refractivity contribution in [3.63, 3.8) is 0 Å². The molecular formula is C15H14N2O2S3. The van der Waals surface area contributed by atoms with Gasteiger partial charge in [-0.2, -0.15) is 0 Å². The second kappa shape index (κ2) is 5.83. The molecule has 22 heavy (non-hydrogen) atoms. The molecule has 2 heterocycles. The molecule has 0 spiro atoms. The number of nitrogens with zero attached hydrogens (tertiary/aromatic N) is 1. The molecule has 3 aromatic rings. The molecule has 0 fully saturated rings. The Kier molecular flexibility index (Phi) is 4.03. The van der Waals surface area contributed by atoms with Crippen molar-refractivity contribution in [3.8, 4) is 11.3 Å². The van der Waals surface area contributed by atoms with Gasteiger partial charge >= 0.3 is 0 Å². The van der Waals surface area contributed by atoms with Gasteiger partial charge in [-0.05, 0) is 38.1 Å². The second-order valence-corrected chi connectivity index (χ2v) is 9.06. The fraction of sp³-hybridized carbons (Fsp3) is 0.133. The lowest BCUT2D eigenvalue weighted by Gasteiger charge is -2.07. The quantitative estimate of drug-likeness (QED) is 0.763. The van der Waals surface area contributed by atoms with Crippen molar-refractivity contribution < 1.29 is 8.42 Å². The third-order valence-electron chi connectivity index (χ3n) is 3.01. The third-order valence-corrected chi connectivity index (χ3v) is 6.66. The van der Waals surface area contributed by atoms with Gasteiger partial charge in [-0.3, -0.25) is 4.72 Å². The van der Waals surface area contributed by atoms with Crippen molar-refractivity contribution in [3.05, 3.63) is 51.7 Å². The average molecular weight is 350 g/mol. The lowest BCUT2D eigenvalue weighted by molar-refractivity contribution is 0.603. The number of thiophene rings is 1. The second-order valence-electron chi connectivity index (χ2n) is 4.80. The molecule has 0 aliphatic heterocycles. The van der Waals surface area contributed by atoms with Crippen LogP contribution in [0.4, 0.5) is 5.69 Å². The number of hydrogen-bond acceptors (Lipinski definition) is 5. The van der Waals surface area contributed by atoms with Gasteiger partial charge in [0.15, 0.2) is 0 Å². The average Bonchev–Trinajstić information content (AvgIpc) is 3.08. The highest BCUT2D eigenvalue weighted by molar-refractivity contribution is 7.94. The van der Waals surface area contributed by atoms with Gasteiger partial charge in [0.25, 0.3) is 10.0 Å². The standard InChI is InChI=1S/C15H14N2O2S3/c1-10-6-7-15(21-10)22(18,19)17-13-5-3-4-12(8-13)14-9-20-11(2)16-14/h3-9,17H,1-2H3. The summed E-state index contributed by atoms with van der Waals surface area (Å²) < 4.78 is 27.6. The van der Waals surface area contributed by atoms with Gasteiger partial charge in [0.2, 0.25) is 0 Å². The Morgan fingerprint density at radius 2 is 1.95 bits per heavy atom. The Morgan fingerprint density at radius 3 is 2.59 bits per heavy atom. The van der Waals surface area contributed by atoms with E-state index in [1.807, 2.05) is 31.4 Å². The van der Waals surface area contributed by atoms with Crippen LogP contribution in [0.25, 0.3) is 11.3 Å². The van der Waals surface area contributed by atoms with Crippen LogP contribution in [0.2, 0.25) is 0 Å². The van der Waals surface area contributed by atoms with E-state index in [0.29, 0.717) is 9.90 Å². The van der Waals surface area contributed by atoms with Crippen LogP contribution in [0.5, 0.6) is 0 Å². The third kappa shape index (κ3) is 3.21. The van der Waals surface area contributed by atoms with E-state index in [2.05, 4.69) is 9.71 Å². The smallest absolute Gasteiger partial charge is 0.271 e. The monoisotopic (exact) mass is 350 g/mol. The molecule has 0 aliphatic rings. The lowest BCUT2D eigenvalue weighted by atomic mass is 10.1. The van der Waals surface area contributed by atoms with Crippen LogP contribution in [0.15, 0.2) is 46.0 Å². The maximum absolute atomic E-state index is 12.4. The molecule has 114 valence electrons. The van der Waals surface area contributed by atoms with Crippen LogP contribution in [0.1, 0.15) is 9.88 Å². The number of aromatic nitrogens is 1. The molecule has 0 bridgehead atoms. The molecule has 0 saturated carbocycles. The zero-order chi connectivity index (χ0) is 15.7. The summed E-state index contributed by atoms with van der Waals surface area (Å²) in [7, 11) is -3.54. The molecule has 3 rings (SSSR count). The lowest BCUT2D eigenvalue weighted by Crippen LogP contribution is -2.11. The predicted octanol–water partition coefficient (Wildman–Crippen LogP) is 4.29. The van der Waals surface area contributed by atoms with Crippen molar-refractivity contribution >= 4 is 38.4 Å². The summed E-state index contributed by atoms with van der Waals surface area (Å²) in [6, 6.07) is 10.7. The molecule has 0 amide bonds. The van der Waals surface area contributed by atoms with Crippen LogP contribution in [0.3, 0.4) is 0 Å². The zero-order valence-corrected chi connectivity index (χ0v) is 14.5. The number of hydrogen-bond donors (Lipinski definition) is 1. The molecule has 0 saturated heterocycles. The molecule has 1 N–H and O–H groups in total. The summed E-state index contributed by atoms with van der Waals surface area (Å²) in [5.74, 6) is 0. The highest BCUT2D eigenvalue weighted by Crippen LogP contribution is 2.27. The van der Waals surface area contributed by atoms with Crippen LogP contribution in [-0.2, 0) is 10.0 Å². The van der Waals surface area contributed by atoms with Gasteiger partial charge in [0, 0.05) is 21.5 Å². The first-order valence-corrected chi connectivity index (χ1v) is 9.74. The number of benzene rings is 1. The van der Waals surface area contributed by atoms with Crippen molar-refractivity contribution in [1.29, 1.82) is 0 Å². The van der Waals surface area contributed by atoms with Gasteiger partial charge in [-0.25, -0.2) is 13.4 Å². The van der Waals surface area contributed by atoms with E-state index in [1.54, 1.807) is 35.6 Å². The van der Waals surface area contributed by atoms with E-state index < -0.39 is 10.0 Å². The highest BCUT2D eigenvalue weighted by atomic mass is 32.2. The van der Waals surface area contributed by atoms with E-state index >= 15 is 0 Å². The number of nitrogens with one attached hydrogen (secondary N) is 1. The minimum atomic E-state index is -3.54. The SMILES string of the molecule is Cc1ccc(S(=O)(=O)Nc2cccc(-c3csc(C)n3)c2)s1. The minimum absolute atomic E-state index is 0.319. The summed E-state index contributed by atoms with van der Waals surface area (Å²) in [5.41, 5.74) is 2.29. The van der Waals surface area contributed by atoms with Crippen molar-refractivity contribution in [2.24, 2.45) is 0 Å². The van der Waals surface area contributed by atoms with E-state index in [4.69, 9.17) is 0 Å². The van der Waals surface area contributed by atoms with Crippen LogP contribution in [0, 0.1) is 13.8 Å². The molecule has 0 radical (unpaired) electrons. The van der Waals surface area contributed by atoms with Crippen molar-refractivity contribution in [2.45, 2.75) is 18.1 Å². The van der Waals surface area contributed by atoms with Crippen LogP contribution >= 0.6 is 22.7 Å². The van der Waals surface area contributed by atoms with E-state index in [9.17, 15) is 8.42 Å². The molecule has 0 unspecified atom stereocenters. The van der Waals surface area contributed by atoms with E-state index in [0.717, 1.165) is 21.1 Å². The van der Waals surface area contributed by atoms with Gasteiger partial charge in [-0.15, -0.1) is 22.7 Å². The predicted molar refractivity (Wildman–Crippen MR) is 92.2 cm³/mol. The van der Waals surface area contributed by atoms with Gasteiger partial charge in [0.05, 0.1) is 10.7 Å². The topological polar surface area (TPSA) is 59.1 Å². The first-order valence-electron chi connectivity index (χ1n) is 6.56. The zero-order valence-electron chi connectivity index (χ0n) is 12.0. The van der Waals surface area contributed by atoms with E-state index in [1.165, 1.54) is 11.3 Å². The number of sulfonamides is 1. The number of aryl methyl sites for hydroxylation is 2. The first kappa shape index (κ1) is 15.2. The van der Waals surface area contributed by atoms with Gasteiger partial charge in [-0.1, -0.05) is 12.1 Å². The Bertz CT molecular complexity index is 910. The molecule has 0 atom stereocenters. The first-order chi connectivity index (χ1) is 10.4. The molecule has 1 aromatic carbocycles. The van der Waals surface area contributed by atoms with Crippen molar-refractivity contribution in [1.82, 2.24) is 4.98 Å². The Labute approximate surface area is 137 Å².